The fourth-order valence-corrected chi connectivity index (χ4v) is 4.27. The maximum Gasteiger partial charge on any atom is 0.287 e. The summed E-state index contributed by atoms with van der Waals surface area (Å²) in [6, 6.07) is 14.4. The molecule has 28 heavy (non-hydrogen) atoms. The van der Waals surface area contributed by atoms with Crippen molar-refractivity contribution in [3.05, 3.63) is 65.7 Å². The van der Waals surface area contributed by atoms with E-state index >= 15 is 0 Å². The van der Waals surface area contributed by atoms with Crippen LogP contribution in [0.15, 0.2) is 57.8 Å². The summed E-state index contributed by atoms with van der Waals surface area (Å²) in [6.45, 7) is 1.60. The van der Waals surface area contributed by atoms with Crippen molar-refractivity contribution >= 4 is 41.0 Å². The second kappa shape index (κ2) is 9.45. The van der Waals surface area contributed by atoms with Crippen LogP contribution < -0.4 is 10.6 Å². The fraction of sp³-hybridized carbons (Fsp3) is 0.286. The first-order valence-electron chi connectivity index (χ1n) is 9.11. The maximum absolute atomic E-state index is 13.1. The van der Waals surface area contributed by atoms with Gasteiger partial charge in [-0.25, -0.2) is 4.39 Å². The third-order valence-corrected chi connectivity index (χ3v) is 5.81. The summed E-state index contributed by atoms with van der Waals surface area (Å²) >= 11 is 1.56. The predicted molar refractivity (Wildman–Crippen MR) is 113 cm³/mol. The number of furan rings is 1. The monoisotopic (exact) mass is 420 g/mol. The van der Waals surface area contributed by atoms with Crippen molar-refractivity contribution in [1.82, 2.24) is 10.6 Å². The lowest BCUT2D eigenvalue weighted by Gasteiger charge is -2.11. The molecule has 2 heterocycles. The maximum atomic E-state index is 13.1. The Labute approximate surface area is 173 Å². The first-order chi connectivity index (χ1) is 13.2. The number of amides is 1. The van der Waals surface area contributed by atoms with Crippen LogP contribution in [0, 0.1) is 5.82 Å². The molecule has 1 atom stereocenters. The van der Waals surface area contributed by atoms with Crippen LogP contribution in [0.3, 0.4) is 0 Å². The summed E-state index contributed by atoms with van der Waals surface area (Å²) in [5.41, 5.74) is 1.58. The van der Waals surface area contributed by atoms with Gasteiger partial charge in [-0.15, -0.1) is 24.2 Å². The van der Waals surface area contributed by atoms with Gasteiger partial charge in [-0.1, -0.05) is 18.2 Å². The molecule has 4 nitrogen and oxygen atoms in total. The fourth-order valence-electron chi connectivity index (χ4n) is 3.34. The summed E-state index contributed by atoms with van der Waals surface area (Å²) < 4.78 is 19.0. The van der Waals surface area contributed by atoms with Gasteiger partial charge >= 0.3 is 0 Å². The molecule has 2 N–H and O–H groups in total. The third kappa shape index (κ3) is 4.69. The number of hydrogen-bond acceptors (Lipinski definition) is 4. The quantitative estimate of drug-likeness (QED) is 0.564. The molecule has 7 heteroatoms. The molecule has 3 aromatic rings. The van der Waals surface area contributed by atoms with E-state index in [0.717, 1.165) is 35.2 Å². The highest BCUT2D eigenvalue weighted by Crippen LogP contribution is 2.32. The first kappa shape index (κ1) is 20.7. The van der Waals surface area contributed by atoms with Gasteiger partial charge in [0.2, 0.25) is 0 Å². The lowest BCUT2D eigenvalue weighted by atomic mass is 10.1. The molecule has 4 rings (SSSR count). The number of rotatable bonds is 6. The average Bonchev–Trinajstić information content (AvgIpc) is 3.33. The molecule has 2 aromatic carbocycles. The number of para-hydroxylation sites is 1. The van der Waals surface area contributed by atoms with E-state index in [2.05, 4.69) is 10.6 Å². The summed E-state index contributed by atoms with van der Waals surface area (Å²) in [5, 5.41) is 7.31. The van der Waals surface area contributed by atoms with E-state index in [1.165, 1.54) is 12.1 Å². The highest BCUT2D eigenvalue weighted by molar-refractivity contribution is 7.98. The van der Waals surface area contributed by atoms with E-state index in [0.29, 0.717) is 29.7 Å². The smallest absolute Gasteiger partial charge is 0.287 e. The molecule has 0 aliphatic carbocycles. The number of halogens is 2. The normalized spacial score (nSPS) is 16.1. The van der Waals surface area contributed by atoms with E-state index in [1.807, 2.05) is 24.3 Å². The summed E-state index contributed by atoms with van der Waals surface area (Å²) in [5.74, 6) is 0.500. The molecule has 1 unspecified atom stereocenters. The number of fused-ring (bicyclic) bond motifs is 1. The molecule has 1 aromatic heterocycles. The summed E-state index contributed by atoms with van der Waals surface area (Å²) in [7, 11) is 0. The topological polar surface area (TPSA) is 54.3 Å². The highest BCUT2D eigenvalue weighted by Gasteiger charge is 2.22. The third-order valence-electron chi connectivity index (χ3n) is 4.77. The van der Waals surface area contributed by atoms with Gasteiger partial charge in [-0.3, -0.25) is 4.79 Å². The Kier molecular flexibility index (Phi) is 6.99. The zero-order valence-corrected chi connectivity index (χ0v) is 16.9. The van der Waals surface area contributed by atoms with Crippen molar-refractivity contribution in [3.8, 4) is 0 Å². The SMILES string of the molecule is Cl.O=C(NCC1CCCN1)c1oc2ccccc2c1CSc1ccc(F)cc1. The molecular weight excluding hydrogens is 399 g/mol. The zero-order chi connectivity index (χ0) is 18.6. The van der Waals surface area contributed by atoms with E-state index in [1.54, 1.807) is 23.9 Å². The molecule has 0 radical (unpaired) electrons. The van der Waals surface area contributed by atoms with Crippen LogP contribution >= 0.6 is 24.2 Å². The molecule has 0 spiro atoms. The predicted octanol–water partition coefficient (Wildman–Crippen LogP) is 4.77. The minimum atomic E-state index is -0.256. The lowest BCUT2D eigenvalue weighted by Crippen LogP contribution is -2.37. The van der Waals surface area contributed by atoms with Crippen molar-refractivity contribution < 1.29 is 13.6 Å². The average molecular weight is 421 g/mol. The van der Waals surface area contributed by atoms with E-state index in [9.17, 15) is 9.18 Å². The van der Waals surface area contributed by atoms with Crippen molar-refractivity contribution in [2.24, 2.45) is 0 Å². The summed E-state index contributed by atoms with van der Waals surface area (Å²) in [4.78, 5) is 13.7. The van der Waals surface area contributed by atoms with Crippen LogP contribution in [0.1, 0.15) is 29.0 Å². The van der Waals surface area contributed by atoms with Crippen molar-refractivity contribution in [2.45, 2.75) is 29.5 Å². The Hall–Kier alpha value is -2.02. The molecule has 1 aliphatic heterocycles. The van der Waals surface area contributed by atoms with Crippen LogP contribution in [-0.4, -0.2) is 25.0 Å². The van der Waals surface area contributed by atoms with Crippen molar-refractivity contribution in [3.63, 3.8) is 0 Å². The van der Waals surface area contributed by atoms with Crippen molar-refractivity contribution in [2.75, 3.05) is 13.1 Å². The number of nitrogens with one attached hydrogen (secondary N) is 2. The van der Waals surface area contributed by atoms with Gasteiger partial charge in [-0.2, -0.15) is 0 Å². The first-order valence-corrected chi connectivity index (χ1v) is 10.1. The van der Waals surface area contributed by atoms with Gasteiger partial charge < -0.3 is 15.1 Å². The number of carbonyl (C=O) groups excluding carboxylic acids is 1. The van der Waals surface area contributed by atoms with Crippen molar-refractivity contribution in [1.29, 1.82) is 0 Å². The Balaban J connectivity index is 0.00000225. The Morgan fingerprint density at radius 1 is 1.21 bits per heavy atom. The van der Waals surface area contributed by atoms with Gasteiger partial charge in [0, 0.05) is 34.2 Å². The van der Waals surface area contributed by atoms with Gasteiger partial charge in [0.25, 0.3) is 5.91 Å². The second-order valence-electron chi connectivity index (χ2n) is 6.65. The van der Waals surface area contributed by atoms with E-state index in [-0.39, 0.29) is 24.1 Å². The Bertz CT molecular complexity index is 939. The second-order valence-corrected chi connectivity index (χ2v) is 7.70. The molecule has 0 saturated carbocycles. The minimum absolute atomic E-state index is 0. The number of carbonyl (C=O) groups is 1. The Morgan fingerprint density at radius 2 is 2.00 bits per heavy atom. The van der Waals surface area contributed by atoms with Crippen LogP contribution in [0.4, 0.5) is 4.39 Å². The van der Waals surface area contributed by atoms with Crippen LogP contribution in [0.25, 0.3) is 11.0 Å². The molecule has 0 bridgehead atoms. The zero-order valence-electron chi connectivity index (χ0n) is 15.2. The largest absolute Gasteiger partial charge is 0.451 e. The van der Waals surface area contributed by atoms with Crippen LogP contribution in [0.5, 0.6) is 0 Å². The highest BCUT2D eigenvalue weighted by atomic mass is 35.5. The van der Waals surface area contributed by atoms with Gasteiger partial charge in [0.15, 0.2) is 5.76 Å². The standard InChI is InChI=1S/C21H21FN2O2S.ClH/c22-14-7-9-16(10-8-14)27-13-18-17-5-1-2-6-19(17)26-20(18)21(25)24-12-15-4-3-11-23-15;/h1-2,5-10,15,23H,3-4,11-13H2,(H,24,25);1H. The van der Waals surface area contributed by atoms with Gasteiger partial charge in [-0.05, 0) is 49.7 Å². The molecule has 148 valence electrons. The van der Waals surface area contributed by atoms with E-state index < -0.39 is 0 Å². The van der Waals surface area contributed by atoms with Crippen LogP contribution in [0.2, 0.25) is 0 Å². The number of benzene rings is 2. The summed E-state index contributed by atoms with van der Waals surface area (Å²) in [6.07, 6.45) is 2.22. The molecular formula is C21H22ClFN2O2S. The van der Waals surface area contributed by atoms with Gasteiger partial charge in [0.1, 0.15) is 11.4 Å². The molecule has 1 aliphatic rings. The van der Waals surface area contributed by atoms with E-state index in [4.69, 9.17) is 4.42 Å². The lowest BCUT2D eigenvalue weighted by molar-refractivity contribution is 0.0924. The number of thioether (sulfide) groups is 1. The van der Waals surface area contributed by atoms with Crippen LogP contribution in [-0.2, 0) is 5.75 Å². The number of hydrogen-bond donors (Lipinski definition) is 2. The molecule has 1 amide bonds. The Morgan fingerprint density at radius 3 is 2.75 bits per heavy atom. The molecule has 1 fully saturated rings. The molecule has 1 saturated heterocycles. The minimum Gasteiger partial charge on any atom is -0.451 e. The van der Waals surface area contributed by atoms with Gasteiger partial charge in [0.05, 0.1) is 0 Å².